The number of rotatable bonds is 6. The Morgan fingerprint density at radius 1 is 1.32 bits per heavy atom. The second kappa shape index (κ2) is 7.58. The molecule has 120 valence electrons. The Hall–Kier alpha value is -0.900. The first kappa shape index (κ1) is 17.5. The summed E-state index contributed by atoms with van der Waals surface area (Å²) in [6, 6.07) is 5.76. The molecule has 1 aliphatic rings. The van der Waals surface area contributed by atoms with E-state index in [1.165, 1.54) is 23.9 Å². The van der Waals surface area contributed by atoms with Gasteiger partial charge in [-0.2, -0.15) is 0 Å². The first-order valence-electron chi connectivity index (χ1n) is 6.60. The van der Waals surface area contributed by atoms with Crippen LogP contribution in [0.3, 0.4) is 0 Å². The predicted octanol–water partition coefficient (Wildman–Crippen LogP) is 1.27. The quantitative estimate of drug-likeness (QED) is 0.741. The normalized spacial score (nSPS) is 18.4. The summed E-state index contributed by atoms with van der Waals surface area (Å²) in [6.45, 7) is -0.0156. The minimum Gasteiger partial charge on any atom is -0.345 e. The van der Waals surface area contributed by atoms with Crippen molar-refractivity contribution in [2.75, 3.05) is 12.3 Å². The van der Waals surface area contributed by atoms with Crippen molar-refractivity contribution in [3.8, 4) is 0 Å². The molecule has 1 heterocycles. The van der Waals surface area contributed by atoms with Crippen LogP contribution in [0.25, 0.3) is 0 Å². The Labute approximate surface area is 141 Å². The van der Waals surface area contributed by atoms with Crippen molar-refractivity contribution >= 4 is 48.7 Å². The molecule has 9 heteroatoms. The molecule has 0 radical (unpaired) electrons. The highest BCUT2D eigenvalue weighted by atomic mass is 79.9. The van der Waals surface area contributed by atoms with E-state index < -0.39 is 16.1 Å². The first-order chi connectivity index (χ1) is 10.4. The lowest BCUT2D eigenvalue weighted by Gasteiger charge is -2.10. The van der Waals surface area contributed by atoms with Gasteiger partial charge in [-0.1, -0.05) is 27.7 Å². The summed E-state index contributed by atoms with van der Waals surface area (Å²) in [5, 5.41) is 2.57. The summed E-state index contributed by atoms with van der Waals surface area (Å²) >= 11 is 4.44. The monoisotopic (exact) mass is 406 g/mol. The highest BCUT2D eigenvalue weighted by Crippen LogP contribution is 2.19. The highest BCUT2D eigenvalue weighted by molar-refractivity contribution is 9.10. The average molecular weight is 407 g/mol. The van der Waals surface area contributed by atoms with E-state index in [0.29, 0.717) is 12.2 Å². The van der Waals surface area contributed by atoms with E-state index in [2.05, 4.69) is 26.0 Å². The van der Waals surface area contributed by atoms with Crippen LogP contribution >= 0.6 is 27.7 Å². The van der Waals surface area contributed by atoms with Crippen LogP contribution in [0.15, 0.2) is 33.6 Å². The van der Waals surface area contributed by atoms with E-state index in [4.69, 9.17) is 0 Å². The van der Waals surface area contributed by atoms with Gasteiger partial charge in [0, 0.05) is 23.2 Å². The maximum Gasteiger partial charge on any atom is 0.240 e. The molecule has 0 bridgehead atoms. The van der Waals surface area contributed by atoms with Gasteiger partial charge in [0.2, 0.25) is 21.0 Å². The number of amides is 1. The van der Waals surface area contributed by atoms with Crippen molar-refractivity contribution in [1.82, 2.24) is 10.0 Å². The molecule has 0 aliphatic carbocycles. The van der Waals surface area contributed by atoms with E-state index in [0.717, 1.165) is 4.47 Å². The van der Waals surface area contributed by atoms with Gasteiger partial charge < -0.3 is 5.32 Å². The Bertz CT molecular complexity index is 661. The van der Waals surface area contributed by atoms with E-state index in [-0.39, 0.29) is 28.9 Å². The number of benzene rings is 1. The first-order valence-corrected chi connectivity index (χ1v) is 9.86. The minimum absolute atomic E-state index is 0.00972. The molecule has 1 aliphatic heterocycles. The van der Waals surface area contributed by atoms with Gasteiger partial charge >= 0.3 is 0 Å². The molecule has 0 aromatic heterocycles. The third-order valence-electron chi connectivity index (χ3n) is 3.04. The molecule has 0 saturated carbocycles. The second-order valence-corrected chi connectivity index (χ2v) is 8.46. The number of carbonyl (C=O) groups excluding carboxylic acids is 2. The topological polar surface area (TPSA) is 92.3 Å². The fraction of sp³-hybridized carbons (Fsp3) is 0.385. The Morgan fingerprint density at radius 3 is 2.59 bits per heavy atom. The van der Waals surface area contributed by atoms with Crippen molar-refractivity contribution < 1.29 is 18.0 Å². The van der Waals surface area contributed by atoms with Gasteiger partial charge in [-0.25, -0.2) is 13.1 Å². The summed E-state index contributed by atoms with van der Waals surface area (Å²) in [6.07, 6.45) is 0.615. The number of sulfonamides is 1. The lowest BCUT2D eigenvalue weighted by molar-refractivity contribution is -0.124. The van der Waals surface area contributed by atoms with Crippen molar-refractivity contribution in [3.05, 3.63) is 28.7 Å². The molecule has 22 heavy (non-hydrogen) atoms. The van der Waals surface area contributed by atoms with Crippen LogP contribution in [0, 0.1) is 0 Å². The number of hydrogen-bond donors (Lipinski definition) is 2. The molecule has 1 fully saturated rings. The molecule has 0 spiro atoms. The third kappa shape index (κ3) is 4.80. The molecular weight excluding hydrogens is 392 g/mol. The van der Waals surface area contributed by atoms with Gasteiger partial charge in [0.1, 0.15) is 0 Å². The van der Waals surface area contributed by atoms with E-state index in [1.807, 2.05) is 0 Å². The highest BCUT2D eigenvalue weighted by Gasteiger charge is 2.26. The Kier molecular flexibility index (Phi) is 6.01. The zero-order valence-electron chi connectivity index (χ0n) is 11.5. The number of carbonyl (C=O) groups is 2. The van der Waals surface area contributed by atoms with Crippen LogP contribution in [-0.2, 0) is 19.6 Å². The SMILES string of the molecule is O=C(CCNS(=O)(=O)c1ccc(Br)cc1)NC1CCSC1=O. The molecule has 1 aromatic carbocycles. The van der Waals surface area contributed by atoms with Crippen LogP contribution < -0.4 is 10.0 Å². The van der Waals surface area contributed by atoms with Crippen molar-refractivity contribution in [2.45, 2.75) is 23.8 Å². The van der Waals surface area contributed by atoms with Crippen LogP contribution in [-0.4, -0.2) is 37.8 Å². The molecule has 1 unspecified atom stereocenters. The van der Waals surface area contributed by atoms with E-state index in [1.54, 1.807) is 12.1 Å². The number of halogens is 1. The summed E-state index contributed by atoms with van der Waals surface area (Å²) in [5.41, 5.74) is 0. The summed E-state index contributed by atoms with van der Waals surface area (Å²) in [5.74, 6) is 0.374. The summed E-state index contributed by atoms with van der Waals surface area (Å²) in [7, 11) is -3.63. The second-order valence-electron chi connectivity index (χ2n) is 4.68. The summed E-state index contributed by atoms with van der Waals surface area (Å²) in [4.78, 5) is 23.2. The number of nitrogens with one attached hydrogen (secondary N) is 2. The summed E-state index contributed by atoms with van der Waals surface area (Å²) < 4.78 is 27.2. The smallest absolute Gasteiger partial charge is 0.240 e. The van der Waals surface area contributed by atoms with Gasteiger partial charge in [-0.15, -0.1) is 0 Å². The van der Waals surface area contributed by atoms with Gasteiger partial charge in [-0.3, -0.25) is 9.59 Å². The minimum atomic E-state index is -3.63. The predicted molar refractivity (Wildman–Crippen MR) is 88.0 cm³/mol. The Morgan fingerprint density at radius 2 is 2.00 bits per heavy atom. The van der Waals surface area contributed by atoms with Gasteiger partial charge in [-0.05, 0) is 30.7 Å². The molecule has 1 aromatic rings. The average Bonchev–Trinajstić information content (AvgIpc) is 2.84. The molecule has 2 N–H and O–H groups in total. The van der Waals surface area contributed by atoms with Crippen molar-refractivity contribution in [1.29, 1.82) is 0 Å². The van der Waals surface area contributed by atoms with Crippen LogP contribution in [0.1, 0.15) is 12.8 Å². The van der Waals surface area contributed by atoms with Gasteiger partial charge in [0.25, 0.3) is 0 Å². The number of thioether (sulfide) groups is 1. The molecule has 6 nitrogen and oxygen atoms in total. The largest absolute Gasteiger partial charge is 0.345 e. The zero-order valence-corrected chi connectivity index (χ0v) is 14.8. The lowest BCUT2D eigenvalue weighted by Crippen LogP contribution is -2.38. The standard InChI is InChI=1S/C13H15BrN2O4S2/c14-9-1-3-10(4-2-9)22(19,20)15-7-5-12(17)16-11-6-8-21-13(11)18/h1-4,11,15H,5-8H2,(H,16,17). The van der Waals surface area contributed by atoms with Crippen molar-refractivity contribution in [2.24, 2.45) is 0 Å². The van der Waals surface area contributed by atoms with Gasteiger partial charge in [0.15, 0.2) is 0 Å². The molecular formula is C13H15BrN2O4S2. The molecule has 1 saturated heterocycles. The lowest BCUT2D eigenvalue weighted by atomic mass is 10.2. The van der Waals surface area contributed by atoms with Gasteiger partial charge in [0.05, 0.1) is 10.9 Å². The van der Waals surface area contributed by atoms with Crippen LogP contribution in [0.2, 0.25) is 0 Å². The maximum atomic E-state index is 12.0. The zero-order chi connectivity index (χ0) is 16.2. The van der Waals surface area contributed by atoms with E-state index in [9.17, 15) is 18.0 Å². The van der Waals surface area contributed by atoms with Crippen molar-refractivity contribution in [3.63, 3.8) is 0 Å². The maximum absolute atomic E-state index is 12.0. The third-order valence-corrected chi connectivity index (χ3v) is 6.05. The molecule has 1 atom stereocenters. The molecule has 1 amide bonds. The number of hydrogen-bond acceptors (Lipinski definition) is 5. The van der Waals surface area contributed by atoms with Crippen LogP contribution in [0.4, 0.5) is 0 Å². The fourth-order valence-corrected chi connectivity index (χ4v) is 4.12. The molecule has 2 rings (SSSR count). The Balaban J connectivity index is 1.81. The van der Waals surface area contributed by atoms with Crippen LogP contribution in [0.5, 0.6) is 0 Å². The fourth-order valence-electron chi connectivity index (χ4n) is 1.89. The van der Waals surface area contributed by atoms with E-state index >= 15 is 0 Å².